The lowest BCUT2D eigenvalue weighted by molar-refractivity contribution is -0.137. The molecule has 0 aliphatic carbocycles. The summed E-state index contributed by atoms with van der Waals surface area (Å²) >= 11 is 2.78. The summed E-state index contributed by atoms with van der Waals surface area (Å²) in [5.41, 5.74) is 0. The number of sulfonamides is 1. The molecule has 0 bridgehead atoms. The van der Waals surface area contributed by atoms with Gasteiger partial charge in [-0.1, -0.05) is 0 Å². The van der Waals surface area contributed by atoms with Crippen LogP contribution in [0.5, 0.6) is 0 Å². The van der Waals surface area contributed by atoms with Crippen LogP contribution in [0.3, 0.4) is 0 Å². The van der Waals surface area contributed by atoms with Crippen LogP contribution in [-0.4, -0.2) is 60.8 Å². The molecule has 0 radical (unpaired) electrons. The molecule has 1 aliphatic rings. The number of thiophene rings is 1. The minimum atomic E-state index is -3.66. The van der Waals surface area contributed by atoms with Gasteiger partial charge in [-0.3, -0.25) is 9.59 Å². The lowest BCUT2D eigenvalue weighted by Gasteiger charge is -2.25. The quantitative estimate of drug-likeness (QED) is 0.688. The van der Waals surface area contributed by atoms with Crippen molar-refractivity contribution in [3.63, 3.8) is 0 Å². The van der Waals surface area contributed by atoms with Gasteiger partial charge in [0.15, 0.2) is 0 Å². The van der Waals surface area contributed by atoms with Gasteiger partial charge in [-0.15, -0.1) is 11.3 Å². The van der Waals surface area contributed by atoms with Crippen LogP contribution in [0.15, 0.2) is 16.3 Å². The summed E-state index contributed by atoms with van der Waals surface area (Å²) in [6.07, 6.45) is 0.263. The number of nitrogens with one attached hydrogen (secondary N) is 1. The zero-order chi connectivity index (χ0) is 16.9. The summed E-state index contributed by atoms with van der Waals surface area (Å²) in [5.74, 6) is 0.0946. The van der Waals surface area contributed by atoms with Gasteiger partial charge in [-0.25, -0.2) is 8.42 Å². The molecule has 2 heterocycles. The number of hydrogen-bond donors (Lipinski definition) is 2. The van der Waals surface area contributed by atoms with E-state index < -0.39 is 21.9 Å². The number of hydrogen-bond acceptors (Lipinski definition) is 6. The number of carbonyl (C=O) groups excluding carboxylic acids is 1. The second kappa shape index (κ2) is 8.13. The van der Waals surface area contributed by atoms with Crippen LogP contribution < -0.4 is 5.32 Å². The van der Waals surface area contributed by atoms with Crippen molar-refractivity contribution in [2.45, 2.75) is 17.7 Å². The number of carboxylic acid groups (broad SMARTS) is 1. The maximum atomic E-state index is 12.7. The van der Waals surface area contributed by atoms with E-state index in [0.717, 1.165) is 22.8 Å². The smallest absolute Gasteiger partial charge is 0.303 e. The van der Waals surface area contributed by atoms with Crippen LogP contribution >= 0.6 is 23.1 Å². The third kappa shape index (κ3) is 4.69. The first-order chi connectivity index (χ1) is 10.9. The number of aliphatic carboxylic acids is 1. The van der Waals surface area contributed by atoms with Crippen molar-refractivity contribution in [3.8, 4) is 0 Å². The zero-order valence-corrected chi connectivity index (χ0v) is 14.8. The van der Waals surface area contributed by atoms with E-state index in [1.807, 2.05) is 0 Å². The van der Waals surface area contributed by atoms with E-state index in [2.05, 4.69) is 5.32 Å². The van der Waals surface area contributed by atoms with Gasteiger partial charge in [-0.2, -0.15) is 16.1 Å². The molecule has 2 N–H and O–H groups in total. The number of carbonyl (C=O) groups is 2. The Kier molecular flexibility index (Phi) is 6.45. The van der Waals surface area contributed by atoms with E-state index in [1.54, 1.807) is 17.1 Å². The zero-order valence-electron chi connectivity index (χ0n) is 12.4. The molecule has 0 unspecified atom stereocenters. The Morgan fingerprint density at radius 1 is 1.30 bits per heavy atom. The number of carboxylic acids is 1. The van der Waals surface area contributed by atoms with E-state index in [0.29, 0.717) is 19.5 Å². The van der Waals surface area contributed by atoms with Crippen molar-refractivity contribution >= 4 is 45.0 Å². The second-order valence-corrected chi connectivity index (χ2v) is 8.93. The number of rotatable bonds is 7. The third-order valence-corrected chi connectivity index (χ3v) is 7.20. The first-order valence-electron chi connectivity index (χ1n) is 7.08. The molecule has 128 valence electrons. The van der Waals surface area contributed by atoms with Crippen LogP contribution in [0.25, 0.3) is 0 Å². The van der Waals surface area contributed by atoms with Crippen LogP contribution in [0.1, 0.15) is 22.5 Å². The van der Waals surface area contributed by atoms with Gasteiger partial charge in [0.05, 0.1) is 0 Å². The van der Waals surface area contributed by atoms with Gasteiger partial charge in [-0.05, 0) is 17.9 Å². The predicted molar refractivity (Wildman–Crippen MR) is 89.6 cm³/mol. The topological polar surface area (TPSA) is 104 Å². The normalized spacial score (nSPS) is 16.2. The van der Waals surface area contributed by atoms with Crippen molar-refractivity contribution in [3.05, 3.63) is 16.3 Å². The highest BCUT2D eigenvalue weighted by Gasteiger charge is 2.30. The Morgan fingerprint density at radius 2 is 2.00 bits per heavy atom. The standard InChI is InChI=1S/C13H18N2O5S3/c16-11(17)2-1-4-14-13(18)12-10(3-7-22-12)23(19,20)15-5-8-21-9-6-15/h3,7H,1-2,4-6,8-9H2,(H,14,18)(H,16,17). The molecular formula is C13H18N2O5S3. The molecule has 1 aromatic heterocycles. The minimum Gasteiger partial charge on any atom is -0.481 e. The molecule has 2 rings (SSSR count). The Morgan fingerprint density at radius 3 is 2.65 bits per heavy atom. The molecule has 1 amide bonds. The molecule has 0 atom stereocenters. The van der Waals surface area contributed by atoms with E-state index >= 15 is 0 Å². The third-order valence-electron chi connectivity index (χ3n) is 3.28. The van der Waals surface area contributed by atoms with Crippen molar-refractivity contribution in [2.24, 2.45) is 0 Å². The van der Waals surface area contributed by atoms with Crippen LogP contribution in [-0.2, 0) is 14.8 Å². The van der Waals surface area contributed by atoms with E-state index in [1.165, 1.54) is 10.4 Å². The lowest BCUT2D eigenvalue weighted by Crippen LogP contribution is -2.38. The molecule has 1 aliphatic heterocycles. The van der Waals surface area contributed by atoms with Gasteiger partial charge < -0.3 is 10.4 Å². The fourth-order valence-electron chi connectivity index (χ4n) is 2.11. The maximum absolute atomic E-state index is 12.7. The van der Waals surface area contributed by atoms with Crippen LogP contribution in [0.4, 0.5) is 0 Å². The fraction of sp³-hybridized carbons (Fsp3) is 0.538. The van der Waals surface area contributed by atoms with Gasteiger partial charge in [0.2, 0.25) is 10.0 Å². The highest BCUT2D eigenvalue weighted by molar-refractivity contribution is 7.99. The van der Waals surface area contributed by atoms with E-state index in [4.69, 9.17) is 5.11 Å². The maximum Gasteiger partial charge on any atom is 0.303 e. The van der Waals surface area contributed by atoms with Crippen molar-refractivity contribution < 1.29 is 23.1 Å². The van der Waals surface area contributed by atoms with Crippen molar-refractivity contribution in [2.75, 3.05) is 31.1 Å². The second-order valence-electron chi connectivity index (χ2n) is 4.88. The van der Waals surface area contributed by atoms with Crippen LogP contribution in [0, 0.1) is 0 Å². The summed E-state index contributed by atoms with van der Waals surface area (Å²) in [5, 5.41) is 12.7. The van der Waals surface area contributed by atoms with Gasteiger partial charge >= 0.3 is 5.97 Å². The Bertz CT molecular complexity index is 665. The van der Waals surface area contributed by atoms with E-state index in [9.17, 15) is 18.0 Å². The van der Waals surface area contributed by atoms with Crippen LogP contribution in [0.2, 0.25) is 0 Å². The molecule has 23 heavy (non-hydrogen) atoms. The molecule has 0 spiro atoms. The minimum absolute atomic E-state index is 0.0325. The Balaban J connectivity index is 2.06. The molecule has 7 nitrogen and oxygen atoms in total. The summed E-state index contributed by atoms with van der Waals surface area (Å²) in [6, 6.07) is 1.45. The molecule has 0 aromatic carbocycles. The monoisotopic (exact) mass is 378 g/mol. The van der Waals surface area contributed by atoms with Gasteiger partial charge in [0.25, 0.3) is 5.91 Å². The molecule has 10 heteroatoms. The number of nitrogens with zero attached hydrogens (tertiary/aromatic N) is 1. The molecule has 0 saturated carbocycles. The lowest BCUT2D eigenvalue weighted by atomic mass is 10.3. The summed E-state index contributed by atoms with van der Waals surface area (Å²) in [4.78, 5) is 22.8. The summed E-state index contributed by atoms with van der Waals surface area (Å²) < 4.78 is 26.7. The summed E-state index contributed by atoms with van der Waals surface area (Å²) in [7, 11) is -3.66. The Hall–Kier alpha value is -1.10. The predicted octanol–water partition coefficient (Wildman–Crippen LogP) is 1.08. The fourth-order valence-corrected chi connectivity index (χ4v) is 6.01. The van der Waals surface area contributed by atoms with Gasteiger partial charge in [0.1, 0.15) is 9.77 Å². The van der Waals surface area contributed by atoms with Crippen molar-refractivity contribution in [1.29, 1.82) is 0 Å². The average molecular weight is 378 g/mol. The Labute approximate surface area is 143 Å². The first kappa shape index (κ1) is 18.2. The highest BCUT2D eigenvalue weighted by atomic mass is 32.2. The van der Waals surface area contributed by atoms with E-state index in [-0.39, 0.29) is 22.7 Å². The largest absolute Gasteiger partial charge is 0.481 e. The number of thioether (sulfide) groups is 1. The summed E-state index contributed by atoms with van der Waals surface area (Å²) in [6.45, 7) is 1.09. The molecule has 1 aromatic rings. The van der Waals surface area contributed by atoms with Crippen molar-refractivity contribution in [1.82, 2.24) is 9.62 Å². The SMILES string of the molecule is O=C(O)CCCNC(=O)c1sccc1S(=O)(=O)N1CCSCC1. The average Bonchev–Trinajstić information content (AvgIpc) is 3.02. The first-order valence-corrected chi connectivity index (χ1v) is 10.6. The highest BCUT2D eigenvalue weighted by Crippen LogP contribution is 2.27. The molecule has 1 fully saturated rings. The van der Waals surface area contributed by atoms with Gasteiger partial charge in [0, 0.05) is 37.6 Å². The molecular weight excluding hydrogens is 360 g/mol. The number of amides is 1. The molecule has 1 saturated heterocycles.